The van der Waals surface area contributed by atoms with Crippen LogP contribution in [0, 0.1) is 6.92 Å². The van der Waals surface area contributed by atoms with Gasteiger partial charge in [-0.1, -0.05) is 6.92 Å². The summed E-state index contributed by atoms with van der Waals surface area (Å²) in [6.07, 6.45) is 2.38. The molecule has 0 aliphatic carbocycles. The Morgan fingerprint density at radius 1 is 1.42 bits per heavy atom. The molecule has 0 aliphatic rings. The first-order valence-electron chi connectivity index (χ1n) is 5.81. The van der Waals surface area contributed by atoms with Crippen LogP contribution in [-0.4, -0.2) is 26.0 Å². The molecule has 2 rings (SSSR count). The second kappa shape index (κ2) is 5.79. The van der Waals surface area contributed by atoms with Gasteiger partial charge in [0.15, 0.2) is 0 Å². The minimum absolute atomic E-state index is 0.182. The number of carboxylic acids is 1. The van der Waals surface area contributed by atoms with Gasteiger partial charge in [-0.2, -0.15) is 0 Å². The molecule has 5 nitrogen and oxygen atoms in total. The van der Waals surface area contributed by atoms with Gasteiger partial charge in [0.2, 0.25) is 0 Å². The fourth-order valence-electron chi connectivity index (χ4n) is 1.57. The number of aryl methyl sites for hydroxylation is 2. The predicted octanol–water partition coefficient (Wildman–Crippen LogP) is 2.59. The number of rotatable bonds is 4. The second-order valence-corrected chi connectivity index (χ2v) is 4.87. The molecule has 0 saturated heterocycles. The molecule has 2 aromatic heterocycles. The molecular weight excluding hydrogens is 262 g/mol. The highest BCUT2D eigenvalue weighted by molar-refractivity contribution is 7.99. The molecule has 1 N–H and O–H groups in total. The molecule has 0 spiro atoms. The van der Waals surface area contributed by atoms with Gasteiger partial charge in [0.25, 0.3) is 0 Å². The van der Waals surface area contributed by atoms with Crippen LogP contribution in [0.15, 0.2) is 34.4 Å². The number of hydrogen-bond donors (Lipinski definition) is 1. The van der Waals surface area contributed by atoms with Crippen LogP contribution in [0.5, 0.6) is 0 Å². The lowest BCUT2D eigenvalue weighted by atomic mass is 10.3. The highest BCUT2D eigenvalue weighted by Crippen LogP contribution is 2.27. The molecule has 2 aromatic rings. The molecule has 0 fully saturated rings. The van der Waals surface area contributed by atoms with Gasteiger partial charge in [-0.05, 0) is 43.3 Å². The first-order valence-corrected chi connectivity index (χ1v) is 6.62. The molecule has 0 radical (unpaired) electrons. The Morgan fingerprint density at radius 3 is 2.89 bits per heavy atom. The molecule has 0 unspecified atom stereocenters. The summed E-state index contributed by atoms with van der Waals surface area (Å²) in [4.78, 5) is 23.8. The average molecular weight is 275 g/mol. The Kier molecular flexibility index (Phi) is 4.11. The molecule has 0 aliphatic heterocycles. The number of nitrogens with zero attached hydrogens (tertiary/aromatic N) is 3. The van der Waals surface area contributed by atoms with Crippen LogP contribution in [0.3, 0.4) is 0 Å². The summed E-state index contributed by atoms with van der Waals surface area (Å²) in [6.45, 7) is 3.83. The number of carboxylic acid groups (broad SMARTS) is 1. The minimum atomic E-state index is -0.989. The Balaban J connectivity index is 2.36. The topological polar surface area (TPSA) is 76.0 Å². The zero-order valence-corrected chi connectivity index (χ0v) is 11.4. The van der Waals surface area contributed by atoms with Crippen LogP contribution < -0.4 is 0 Å². The molecular formula is C13H13N3O2S. The number of hydrogen-bond acceptors (Lipinski definition) is 5. The van der Waals surface area contributed by atoms with Crippen molar-refractivity contribution >= 4 is 17.7 Å². The largest absolute Gasteiger partial charge is 0.478 e. The third kappa shape index (κ3) is 3.29. The molecule has 0 saturated carbocycles. The Labute approximate surface area is 115 Å². The maximum absolute atomic E-state index is 11.1. The molecule has 0 amide bonds. The molecule has 6 heteroatoms. The van der Waals surface area contributed by atoms with E-state index in [1.165, 1.54) is 17.8 Å². The third-order valence-electron chi connectivity index (χ3n) is 2.43. The molecule has 2 heterocycles. The SMILES string of the molecule is CCc1cc(Sc2ncccc2C(=O)O)nc(C)n1. The van der Waals surface area contributed by atoms with Crippen LogP contribution in [0.1, 0.15) is 28.8 Å². The Morgan fingerprint density at radius 2 is 2.21 bits per heavy atom. The van der Waals surface area contributed by atoms with Crippen molar-refractivity contribution in [3.8, 4) is 0 Å². The maximum atomic E-state index is 11.1. The zero-order valence-electron chi connectivity index (χ0n) is 10.6. The van der Waals surface area contributed by atoms with Crippen LogP contribution in [0.4, 0.5) is 0 Å². The van der Waals surface area contributed by atoms with Crippen LogP contribution in [0.25, 0.3) is 0 Å². The van der Waals surface area contributed by atoms with E-state index in [1.54, 1.807) is 12.3 Å². The molecule has 0 aromatic carbocycles. The highest BCUT2D eigenvalue weighted by Gasteiger charge is 2.13. The van der Waals surface area contributed by atoms with E-state index >= 15 is 0 Å². The van der Waals surface area contributed by atoms with E-state index in [1.807, 2.05) is 19.9 Å². The lowest BCUT2D eigenvalue weighted by Crippen LogP contribution is -2.01. The lowest BCUT2D eigenvalue weighted by molar-refractivity contribution is 0.0692. The standard InChI is InChI=1S/C13H13N3O2S/c1-3-9-7-11(16-8(2)15-9)19-12-10(13(17)18)5-4-6-14-12/h4-7H,3H2,1-2H3,(H,17,18). The van der Waals surface area contributed by atoms with Gasteiger partial charge in [0, 0.05) is 11.9 Å². The predicted molar refractivity (Wildman–Crippen MR) is 71.5 cm³/mol. The normalized spacial score (nSPS) is 10.4. The van der Waals surface area contributed by atoms with Gasteiger partial charge in [-0.25, -0.2) is 19.7 Å². The van der Waals surface area contributed by atoms with Crippen molar-refractivity contribution in [3.63, 3.8) is 0 Å². The number of aromatic nitrogens is 3. The Hall–Kier alpha value is -1.95. The monoisotopic (exact) mass is 275 g/mol. The van der Waals surface area contributed by atoms with Gasteiger partial charge in [-0.15, -0.1) is 0 Å². The molecule has 98 valence electrons. The van der Waals surface area contributed by atoms with Crippen LogP contribution in [-0.2, 0) is 6.42 Å². The van der Waals surface area contributed by atoms with Gasteiger partial charge >= 0.3 is 5.97 Å². The zero-order chi connectivity index (χ0) is 13.8. The van der Waals surface area contributed by atoms with Crippen molar-refractivity contribution < 1.29 is 9.90 Å². The van der Waals surface area contributed by atoms with E-state index in [0.29, 0.717) is 15.9 Å². The quantitative estimate of drug-likeness (QED) is 0.864. The van der Waals surface area contributed by atoms with Gasteiger partial charge in [0.1, 0.15) is 15.9 Å². The maximum Gasteiger partial charge on any atom is 0.338 e. The molecule has 0 atom stereocenters. The lowest BCUT2D eigenvalue weighted by Gasteiger charge is -2.06. The number of carbonyl (C=O) groups is 1. The first kappa shape index (κ1) is 13.5. The summed E-state index contributed by atoms with van der Waals surface area (Å²) < 4.78 is 0. The summed E-state index contributed by atoms with van der Waals surface area (Å²) in [7, 11) is 0. The first-order chi connectivity index (χ1) is 9.10. The van der Waals surface area contributed by atoms with Crippen molar-refractivity contribution in [2.45, 2.75) is 30.3 Å². The van der Waals surface area contributed by atoms with Crippen molar-refractivity contribution in [3.05, 3.63) is 41.5 Å². The number of pyridine rings is 1. The van der Waals surface area contributed by atoms with Crippen molar-refractivity contribution in [1.29, 1.82) is 0 Å². The van der Waals surface area contributed by atoms with Crippen LogP contribution >= 0.6 is 11.8 Å². The van der Waals surface area contributed by atoms with Gasteiger partial charge in [-0.3, -0.25) is 0 Å². The molecule has 0 bridgehead atoms. The summed E-state index contributed by atoms with van der Waals surface area (Å²) in [5, 5.41) is 10.3. The van der Waals surface area contributed by atoms with E-state index in [2.05, 4.69) is 15.0 Å². The summed E-state index contributed by atoms with van der Waals surface area (Å²) in [5.74, 6) is -0.313. The van der Waals surface area contributed by atoms with Crippen molar-refractivity contribution in [1.82, 2.24) is 15.0 Å². The average Bonchev–Trinajstić information content (AvgIpc) is 2.38. The fraction of sp³-hybridized carbons (Fsp3) is 0.231. The van der Waals surface area contributed by atoms with Gasteiger partial charge < -0.3 is 5.11 Å². The highest BCUT2D eigenvalue weighted by atomic mass is 32.2. The summed E-state index contributed by atoms with van der Waals surface area (Å²) in [6, 6.07) is 5.00. The van der Waals surface area contributed by atoms with Gasteiger partial charge in [0.05, 0.1) is 5.56 Å². The summed E-state index contributed by atoms with van der Waals surface area (Å²) >= 11 is 1.24. The fourth-order valence-corrected chi connectivity index (χ4v) is 2.52. The Bertz CT molecular complexity index is 617. The van der Waals surface area contributed by atoms with E-state index in [-0.39, 0.29) is 5.56 Å². The molecule has 19 heavy (non-hydrogen) atoms. The van der Waals surface area contributed by atoms with Crippen molar-refractivity contribution in [2.75, 3.05) is 0 Å². The smallest absolute Gasteiger partial charge is 0.338 e. The van der Waals surface area contributed by atoms with E-state index < -0.39 is 5.97 Å². The number of aromatic carboxylic acids is 1. The van der Waals surface area contributed by atoms with E-state index in [0.717, 1.165) is 12.1 Å². The van der Waals surface area contributed by atoms with E-state index in [9.17, 15) is 4.79 Å². The minimum Gasteiger partial charge on any atom is -0.478 e. The second-order valence-electron chi connectivity index (χ2n) is 3.86. The summed E-state index contributed by atoms with van der Waals surface area (Å²) in [5.41, 5.74) is 1.12. The van der Waals surface area contributed by atoms with E-state index in [4.69, 9.17) is 5.11 Å². The van der Waals surface area contributed by atoms with Crippen LogP contribution in [0.2, 0.25) is 0 Å². The van der Waals surface area contributed by atoms with Crippen molar-refractivity contribution in [2.24, 2.45) is 0 Å². The third-order valence-corrected chi connectivity index (χ3v) is 3.37.